The van der Waals surface area contributed by atoms with E-state index < -0.39 is 21.5 Å². The Kier molecular flexibility index (Phi) is 7.30. The van der Waals surface area contributed by atoms with Crippen LogP contribution in [0.15, 0.2) is 40.3 Å². The highest BCUT2D eigenvalue weighted by atomic mass is 32.2. The van der Waals surface area contributed by atoms with Crippen molar-refractivity contribution in [3.8, 4) is 5.75 Å². The molecular formula is C24H30N4O5S2. The lowest BCUT2D eigenvalue weighted by Gasteiger charge is -2.34. The number of aromatic nitrogens is 2. The van der Waals surface area contributed by atoms with Crippen molar-refractivity contribution < 1.29 is 17.9 Å². The van der Waals surface area contributed by atoms with Crippen LogP contribution in [0, 0.1) is 18.8 Å². The molecule has 0 bridgehead atoms. The summed E-state index contributed by atoms with van der Waals surface area (Å²) < 4.78 is 35.2. The van der Waals surface area contributed by atoms with Crippen molar-refractivity contribution in [3.63, 3.8) is 0 Å². The molecule has 1 N–H and O–H groups in total. The number of piperidine rings is 1. The molecule has 3 aromatic rings. The number of hydrogen-bond donors (Lipinski definition) is 1. The summed E-state index contributed by atoms with van der Waals surface area (Å²) in [6, 6.07) is 7.32. The second kappa shape index (κ2) is 10.1. The molecule has 1 aromatic carbocycles. The third-order valence-electron chi connectivity index (χ3n) is 6.22. The fourth-order valence-corrected chi connectivity index (χ4v) is 8.07. The fraction of sp³-hybridized carbons (Fsp3) is 0.458. The van der Waals surface area contributed by atoms with Gasteiger partial charge in [-0.2, -0.15) is 4.31 Å². The molecular weight excluding hydrogens is 488 g/mol. The Hall–Kier alpha value is -2.76. The summed E-state index contributed by atoms with van der Waals surface area (Å²) in [6.45, 7) is 6.56. The van der Waals surface area contributed by atoms with Gasteiger partial charge in [-0.25, -0.2) is 13.4 Å². The normalized spacial score (nSPS) is 19.1. The van der Waals surface area contributed by atoms with Gasteiger partial charge in [0.15, 0.2) is 0 Å². The number of nitrogens with one attached hydrogen (secondary N) is 1. The summed E-state index contributed by atoms with van der Waals surface area (Å²) in [5.41, 5.74) is 0.263. The highest BCUT2D eigenvalue weighted by Crippen LogP contribution is 2.35. The lowest BCUT2D eigenvalue weighted by molar-refractivity contribution is -0.121. The number of ether oxygens (including phenoxy) is 1. The first-order valence-electron chi connectivity index (χ1n) is 11.5. The van der Waals surface area contributed by atoms with Crippen molar-refractivity contribution in [1.29, 1.82) is 0 Å². The summed E-state index contributed by atoms with van der Waals surface area (Å²) in [5.74, 6) is 0.730. The van der Waals surface area contributed by atoms with Gasteiger partial charge >= 0.3 is 0 Å². The van der Waals surface area contributed by atoms with Crippen LogP contribution in [0.2, 0.25) is 0 Å². The number of sulfonamides is 1. The summed E-state index contributed by atoms with van der Waals surface area (Å²) in [5, 5.41) is 2.83. The average molecular weight is 519 g/mol. The molecule has 0 saturated carbocycles. The predicted octanol–water partition coefficient (Wildman–Crippen LogP) is 2.76. The third-order valence-corrected chi connectivity index (χ3v) is 9.36. The molecule has 0 radical (unpaired) electrons. The largest absolute Gasteiger partial charge is 0.496 e. The maximum Gasteiger partial charge on any atom is 0.263 e. The molecule has 1 saturated heterocycles. The van der Waals surface area contributed by atoms with Crippen LogP contribution in [0.5, 0.6) is 5.75 Å². The SMILES string of the molecule is COc1ccccc1CNC(=O)Cn1cnc2sc(C)c(S(=O)(=O)N3CC(C)CC(C)C3)c2c1=O. The Balaban J connectivity index is 1.62. The van der Waals surface area contributed by atoms with Crippen LogP contribution in [0.3, 0.4) is 0 Å². The molecule has 1 amide bonds. The molecule has 35 heavy (non-hydrogen) atoms. The molecule has 9 nitrogen and oxygen atoms in total. The first-order valence-corrected chi connectivity index (χ1v) is 13.7. The maximum atomic E-state index is 13.6. The quantitative estimate of drug-likeness (QED) is 0.515. The van der Waals surface area contributed by atoms with Gasteiger partial charge in [0.1, 0.15) is 22.0 Å². The van der Waals surface area contributed by atoms with Crippen LogP contribution < -0.4 is 15.6 Å². The number of benzene rings is 1. The Bertz CT molecular complexity index is 1400. The molecule has 2 aromatic heterocycles. The van der Waals surface area contributed by atoms with Crippen LogP contribution in [0.4, 0.5) is 0 Å². The summed E-state index contributed by atoms with van der Waals surface area (Å²) >= 11 is 1.18. The minimum Gasteiger partial charge on any atom is -0.496 e. The minimum atomic E-state index is -3.89. The van der Waals surface area contributed by atoms with E-state index in [1.165, 1.54) is 22.0 Å². The zero-order valence-electron chi connectivity index (χ0n) is 20.3. The lowest BCUT2D eigenvalue weighted by atomic mass is 9.94. The molecule has 4 rings (SSSR count). The van der Waals surface area contributed by atoms with Gasteiger partial charge < -0.3 is 10.1 Å². The number of hydrogen-bond acceptors (Lipinski definition) is 7. The molecule has 0 aliphatic carbocycles. The highest BCUT2D eigenvalue weighted by molar-refractivity contribution is 7.89. The van der Waals surface area contributed by atoms with Gasteiger partial charge in [0, 0.05) is 30.1 Å². The van der Waals surface area contributed by atoms with Gasteiger partial charge in [0.2, 0.25) is 15.9 Å². The van der Waals surface area contributed by atoms with Crippen LogP contribution in [-0.2, 0) is 27.9 Å². The van der Waals surface area contributed by atoms with E-state index in [9.17, 15) is 18.0 Å². The molecule has 11 heteroatoms. The van der Waals surface area contributed by atoms with E-state index in [0.717, 1.165) is 16.6 Å². The number of fused-ring (bicyclic) bond motifs is 1. The monoisotopic (exact) mass is 518 g/mol. The van der Waals surface area contributed by atoms with E-state index >= 15 is 0 Å². The van der Waals surface area contributed by atoms with Crippen molar-refractivity contribution in [2.75, 3.05) is 20.2 Å². The van der Waals surface area contributed by atoms with Crippen molar-refractivity contribution in [2.24, 2.45) is 11.8 Å². The smallest absolute Gasteiger partial charge is 0.263 e. The summed E-state index contributed by atoms with van der Waals surface area (Å²) in [7, 11) is -2.33. The topological polar surface area (TPSA) is 111 Å². The van der Waals surface area contributed by atoms with Gasteiger partial charge in [-0.15, -0.1) is 11.3 Å². The molecule has 2 atom stereocenters. The Labute approximate surface area is 208 Å². The number of amides is 1. The number of carbonyl (C=O) groups is 1. The molecule has 1 aliphatic rings. The fourth-order valence-electron chi connectivity index (χ4n) is 4.72. The van der Waals surface area contributed by atoms with Crippen LogP contribution in [0.25, 0.3) is 10.2 Å². The van der Waals surface area contributed by atoms with Crippen molar-refractivity contribution in [1.82, 2.24) is 19.2 Å². The van der Waals surface area contributed by atoms with Crippen LogP contribution in [-0.4, -0.2) is 48.4 Å². The number of rotatable bonds is 7. The molecule has 188 valence electrons. The number of thiophene rings is 1. The van der Waals surface area contributed by atoms with Gasteiger partial charge in [-0.05, 0) is 31.2 Å². The van der Waals surface area contributed by atoms with Crippen molar-refractivity contribution >= 4 is 37.5 Å². The summed E-state index contributed by atoms with van der Waals surface area (Å²) in [4.78, 5) is 31.2. The summed E-state index contributed by atoms with van der Waals surface area (Å²) in [6.07, 6.45) is 2.26. The lowest BCUT2D eigenvalue weighted by Crippen LogP contribution is -2.43. The molecule has 1 aliphatic heterocycles. The molecule has 3 heterocycles. The number of nitrogens with zero attached hydrogens (tertiary/aromatic N) is 3. The van der Waals surface area contributed by atoms with E-state index in [0.29, 0.717) is 28.5 Å². The number of para-hydroxylation sites is 1. The Morgan fingerprint density at radius 2 is 1.91 bits per heavy atom. The van der Waals surface area contributed by atoms with Crippen molar-refractivity contribution in [2.45, 2.75) is 45.2 Å². The maximum absolute atomic E-state index is 13.6. The van der Waals surface area contributed by atoms with Crippen LogP contribution >= 0.6 is 11.3 Å². The second-order valence-electron chi connectivity index (χ2n) is 9.20. The molecule has 1 fully saturated rings. The van der Waals surface area contributed by atoms with E-state index in [1.807, 2.05) is 32.0 Å². The standard InChI is InChI=1S/C24H30N4O5S2/c1-15-9-16(2)12-28(11-15)35(31,32)22-17(3)34-23-21(22)24(30)27(14-26-23)13-20(29)25-10-18-7-5-6-8-19(18)33-4/h5-8,14-16H,9-13H2,1-4H3,(H,25,29). The predicted molar refractivity (Wildman–Crippen MR) is 135 cm³/mol. The minimum absolute atomic E-state index is 0.0140. The Morgan fingerprint density at radius 1 is 1.23 bits per heavy atom. The van der Waals surface area contributed by atoms with Gasteiger partial charge in [0.25, 0.3) is 5.56 Å². The third kappa shape index (κ3) is 5.12. The highest BCUT2D eigenvalue weighted by Gasteiger charge is 2.35. The number of aryl methyl sites for hydroxylation is 1. The number of methoxy groups -OCH3 is 1. The zero-order chi connectivity index (χ0) is 25.3. The van der Waals surface area contributed by atoms with Gasteiger partial charge in [-0.1, -0.05) is 32.0 Å². The van der Waals surface area contributed by atoms with E-state index in [1.54, 1.807) is 20.1 Å². The van der Waals surface area contributed by atoms with Gasteiger partial charge in [-0.3, -0.25) is 14.2 Å². The van der Waals surface area contributed by atoms with Crippen LogP contribution in [0.1, 0.15) is 30.7 Å². The second-order valence-corrected chi connectivity index (χ2v) is 12.3. The van der Waals surface area contributed by atoms with E-state index in [2.05, 4.69) is 10.3 Å². The zero-order valence-corrected chi connectivity index (χ0v) is 21.9. The molecule has 0 spiro atoms. The average Bonchev–Trinajstić information content (AvgIpc) is 3.16. The Morgan fingerprint density at radius 3 is 2.60 bits per heavy atom. The number of carbonyl (C=O) groups excluding carboxylic acids is 1. The van der Waals surface area contributed by atoms with E-state index in [4.69, 9.17) is 4.74 Å². The molecule has 2 unspecified atom stereocenters. The van der Waals surface area contributed by atoms with E-state index in [-0.39, 0.29) is 35.2 Å². The first-order chi connectivity index (χ1) is 16.6. The van der Waals surface area contributed by atoms with Crippen molar-refractivity contribution in [3.05, 3.63) is 51.4 Å². The van der Waals surface area contributed by atoms with Gasteiger partial charge in [0.05, 0.1) is 18.8 Å². The first kappa shape index (κ1) is 25.3.